The Hall–Kier alpha value is -2.71. The SMILES string of the molecule is Cc1cc([N+](=O)[O-])cc([N+](=O)[O-])c1OC(=O)[C@H]1O[C@@H](O)[C@H](O)[C@@H](O)[C@@H]1O. The standard InChI is InChI=1S/C13H14N2O11/c1-4-2-5(14(21)22)3-6(15(23)24)10(4)25-13(20)11-8(17)7(16)9(18)12(19)26-11/h2-3,7-9,11-12,16-19H,1H3/t7-,8-,9+,11-,12+/m0/s1. The quantitative estimate of drug-likeness (QED) is 0.207. The van der Waals surface area contributed by atoms with E-state index in [0.717, 1.165) is 6.07 Å². The van der Waals surface area contributed by atoms with Gasteiger partial charge in [0.05, 0.1) is 15.9 Å². The summed E-state index contributed by atoms with van der Waals surface area (Å²) in [5.41, 5.74) is -1.60. The number of aliphatic hydroxyl groups is 4. The molecule has 1 aromatic rings. The number of hydrogen-bond donors (Lipinski definition) is 4. The summed E-state index contributed by atoms with van der Waals surface area (Å²) in [5.74, 6) is -2.04. The number of ether oxygens (including phenoxy) is 2. The lowest BCUT2D eigenvalue weighted by Gasteiger charge is -2.36. The average molecular weight is 374 g/mol. The Morgan fingerprint density at radius 3 is 2.23 bits per heavy atom. The molecule has 13 nitrogen and oxygen atoms in total. The van der Waals surface area contributed by atoms with E-state index < -0.39 is 63.6 Å². The summed E-state index contributed by atoms with van der Waals surface area (Å²) in [7, 11) is 0. The number of nitro groups is 2. The Labute approximate surface area is 144 Å². The van der Waals surface area contributed by atoms with Crippen LogP contribution in [0.4, 0.5) is 11.4 Å². The third-order valence-electron chi connectivity index (χ3n) is 3.67. The maximum Gasteiger partial charge on any atom is 0.343 e. The zero-order valence-corrected chi connectivity index (χ0v) is 13.1. The first-order valence-electron chi connectivity index (χ1n) is 7.07. The molecule has 4 N–H and O–H groups in total. The number of rotatable bonds is 4. The molecule has 13 heteroatoms. The molecular weight excluding hydrogens is 360 g/mol. The minimum Gasteiger partial charge on any atom is -0.417 e. The third-order valence-corrected chi connectivity index (χ3v) is 3.67. The van der Waals surface area contributed by atoms with Gasteiger partial charge in [0.2, 0.25) is 5.75 Å². The number of carbonyl (C=O) groups excluding carboxylic acids is 1. The Balaban J connectivity index is 2.34. The Bertz CT molecular complexity index is 752. The van der Waals surface area contributed by atoms with Crippen LogP contribution in [0.2, 0.25) is 0 Å². The minimum absolute atomic E-state index is 0.120. The van der Waals surface area contributed by atoms with Crippen LogP contribution in [-0.2, 0) is 9.53 Å². The molecule has 0 unspecified atom stereocenters. The molecule has 1 fully saturated rings. The van der Waals surface area contributed by atoms with E-state index >= 15 is 0 Å². The van der Waals surface area contributed by atoms with Crippen LogP contribution in [0.15, 0.2) is 12.1 Å². The van der Waals surface area contributed by atoms with Crippen LogP contribution in [0.1, 0.15) is 5.56 Å². The second-order valence-electron chi connectivity index (χ2n) is 5.47. The number of non-ortho nitro benzene ring substituents is 1. The Morgan fingerprint density at radius 1 is 1.08 bits per heavy atom. The van der Waals surface area contributed by atoms with E-state index in [1.54, 1.807) is 0 Å². The summed E-state index contributed by atoms with van der Waals surface area (Å²) in [6, 6.07) is 1.52. The van der Waals surface area contributed by atoms with Gasteiger partial charge in [-0.15, -0.1) is 0 Å². The molecule has 0 aromatic heterocycles. The maximum absolute atomic E-state index is 12.2. The zero-order chi connectivity index (χ0) is 19.8. The van der Waals surface area contributed by atoms with E-state index in [4.69, 9.17) is 4.74 Å². The van der Waals surface area contributed by atoms with E-state index in [2.05, 4.69) is 4.74 Å². The van der Waals surface area contributed by atoms with Gasteiger partial charge in [-0.3, -0.25) is 20.2 Å². The number of esters is 1. The van der Waals surface area contributed by atoms with Crippen LogP contribution < -0.4 is 4.74 Å². The second kappa shape index (κ2) is 7.27. The van der Waals surface area contributed by atoms with Crippen molar-refractivity contribution >= 4 is 17.3 Å². The number of aliphatic hydroxyl groups excluding tert-OH is 4. The van der Waals surface area contributed by atoms with Gasteiger partial charge in [0.15, 0.2) is 12.4 Å². The molecule has 0 radical (unpaired) electrons. The molecule has 0 bridgehead atoms. The van der Waals surface area contributed by atoms with Crippen LogP contribution in [0.25, 0.3) is 0 Å². The van der Waals surface area contributed by atoms with Gasteiger partial charge in [-0.2, -0.15) is 0 Å². The van der Waals surface area contributed by atoms with Crippen LogP contribution in [-0.4, -0.2) is 66.9 Å². The fourth-order valence-electron chi connectivity index (χ4n) is 2.33. The van der Waals surface area contributed by atoms with Crippen molar-refractivity contribution in [2.24, 2.45) is 0 Å². The molecule has 0 aliphatic carbocycles. The van der Waals surface area contributed by atoms with Gasteiger partial charge in [-0.1, -0.05) is 0 Å². The van der Waals surface area contributed by atoms with Gasteiger partial charge in [0, 0.05) is 11.6 Å². The van der Waals surface area contributed by atoms with Crippen LogP contribution >= 0.6 is 0 Å². The third kappa shape index (κ3) is 3.61. The van der Waals surface area contributed by atoms with E-state index in [9.17, 15) is 45.4 Å². The van der Waals surface area contributed by atoms with E-state index in [0.29, 0.717) is 6.07 Å². The second-order valence-corrected chi connectivity index (χ2v) is 5.47. The molecule has 1 saturated heterocycles. The van der Waals surface area contributed by atoms with Crippen LogP contribution in [0, 0.1) is 27.2 Å². The predicted molar refractivity (Wildman–Crippen MR) is 79.0 cm³/mol. The molecule has 0 spiro atoms. The number of carbonyl (C=O) groups is 1. The van der Waals surface area contributed by atoms with E-state index in [-0.39, 0.29) is 5.56 Å². The van der Waals surface area contributed by atoms with Crippen LogP contribution in [0.5, 0.6) is 5.75 Å². The molecule has 0 amide bonds. The van der Waals surface area contributed by atoms with Crippen molar-refractivity contribution in [3.05, 3.63) is 37.9 Å². The number of benzene rings is 1. The normalized spacial score (nSPS) is 28.4. The molecular formula is C13H14N2O11. The van der Waals surface area contributed by atoms with Crippen molar-refractivity contribution in [1.29, 1.82) is 0 Å². The first-order chi connectivity index (χ1) is 12.0. The first kappa shape index (κ1) is 19.6. The maximum atomic E-state index is 12.2. The average Bonchev–Trinajstić information content (AvgIpc) is 2.57. The lowest BCUT2D eigenvalue weighted by molar-refractivity contribution is -0.394. The van der Waals surface area contributed by atoms with Gasteiger partial charge in [-0.05, 0) is 6.92 Å². The van der Waals surface area contributed by atoms with Crippen molar-refractivity contribution in [3.8, 4) is 5.75 Å². The summed E-state index contributed by atoms with van der Waals surface area (Å²) >= 11 is 0. The van der Waals surface area contributed by atoms with Gasteiger partial charge >= 0.3 is 11.7 Å². The largest absolute Gasteiger partial charge is 0.417 e. The number of aryl methyl sites for hydroxylation is 1. The topological polar surface area (TPSA) is 203 Å². The van der Waals surface area contributed by atoms with Crippen molar-refractivity contribution in [2.45, 2.75) is 37.6 Å². The number of hydrogen-bond acceptors (Lipinski definition) is 11. The molecule has 1 heterocycles. The first-order valence-corrected chi connectivity index (χ1v) is 7.07. The van der Waals surface area contributed by atoms with E-state index in [1.807, 2.05) is 0 Å². The van der Waals surface area contributed by atoms with Crippen molar-refractivity contribution in [2.75, 3.05) is 0 Å². The fourth-order valence-corrected chi connectivity index (χ4v) is 2.33. The van der Waals surface area contributed by atoms with Crippen molar-refractivity contribution in [3.63, 3.8) is 0 Å². The summed E-state index contributed by atoms with van der Waals surface area (Å²) < 4.78 is 9.48. The van der Waals surface area contributed by atoms with Gasteiger partial charge in [0.25, 0.3) is 5.69 Å². The monoisotopic (exact) mass is 374 g/mol. The summed E-state index contributed by atoms with van der Waals surface area (Å²) in [4.78, 5) is 32.2. The summed E-state index contributed by atoms with van der Waals surface area (Å²) in [5, 5.41) is 60.0. The highest BCUT2D eigenvalue weighted by Crippen LogP contribution is 2.35. The molecule has 1 aliphatic heterocycles. The minimum atomic E-state index is -2.01. The molecule has 5 atom stereocenters. The Kier molecular flexibility index (Phi) is 5.48. The Morgan fingerprint density at radius 2 is 1.69 bits per heavy atom. The van der Waals surface area contributed by atoms with Crippen LogP contribution in [0.3, 0.4) is 0 Å². The molecule has 26 heavy (non-hydrogen) atoms. The van der Waals surface area contributed by atoms with Crippen molar-refractivity contribution < 1.29 is 44.5 Å². The highest BCUT2D eigenvalue weighted by molar-refractivity contribution is 5.80. The smallest absolute Gasteiger partial charge is 0.343 e. The molecule has 0 saturated carbocycles. The fraction of sp³-hybridized carbons (Fsp3) is 0.462. The highest BCUT2D eigenvalue weighted by Gasteiger charge is 2.47. The highest BCUT2D eigenvalue weighted by atomic mass is 16.7. The zero-order valence-electron chi connectivity index (χ0n) is 13.1. The lowest BCUT2D eigenvalue weighted by Crippen LogP contribution is -2.60. The number of nitro benzene ring substituents is 2. The molecule has 1 aromatic carbocycles. The van der Waals surface area contributed by atoms with Gasteiger partial charge in [-0.25, -0.2) is 4.79 Å². The summed E-state index contributed by atoms with van der Waals surface area (Å²) in [6.45, 7) is 1.22. The van der Waals surface area contributed by atoms with Gasteiger partial charge < -0.3 is 29.9 Å². The molecule has 1 aliphatic rings. The molecule has 2 rings (SSSR count). The van der Waals surface area contributed by atoms with Crippen molar-refractivity contribution in [1.82, 2.24) is 0 Å². The van der Waals surface area contributed by atoms with Gasteiger partial charge in [0.1, 0.15) is 18.3 Å². The lowest BCUT2D eigenvalue weighted by atomic mass is 9.99. The molecule has 142 valence electrons. The predicted octanol–water partition coefficient (Wildman–Crippen LogP) is -1.48. The number of nitrogens with zero attached hydrogens (tertiary/aromatic N) is 2. The van der Waals surface area contributed by atoms with E-state index in [1.165, 1.54) is 6.92 Å². The summed E-state index contributed by atoms with van der Waals surface area (Å²) in [6.07, 6.45) is -9.79.